The minimum atomic E-state index is -4.77. The van der Waals surface area contributed by atoms with Gasteiger partial charge in [-0.2, -0.15) is 13.5 Å². The van der Waals surface area contributed by atoms with Gasteiger partial charge in [0, 0.05) is 36.1 Å². The van der Waals surface area contributed by atoms with Crippen molar-refractivity contribution in [2.75, 3.05) is 6.54 Å². The summed E-state index contributed by atoms with van der Waals surface area (Å²) in [7, 11) is -4.77. The van der Waals surface area contributed by atoms with E-state index in [1.54, 1.807) is 12.1 Å². The van der Waals surface area contributed by atoms with Crippen molar-refractivity contribution in [1.29, 1.82) is 0 Å². The number of amides is 2. The van der Waals surface area contributed by atoms with Gasteiger partial charge in [0.25, 0.3) is 5.89 Å². The molecule has 4 rings (SSSR count). The Labute approximate surface area is 164 Å². The number of fused-ring (bicyclic) bond motifs is 2. The molecule has 2 aromatic heterocycles. The van der Waals surface area contributed by atoms with Crippen molar-refractivity contribution in [3.05, 3.63) is 24.3 Å². The number of aromatic nitrogens is 2. The molecule has 129 valence electrons. The number of hydrogen-bond acceptors (Lipinski definition) is 8. The second-order valence-corrected chi connectivity index (χ2v) is 6.44. The van der Waals surface area contributed by atoms with Crippen molar-refractivity contribution < 1.29 is 30.9 Å². The Bertz CT molecular complexity index is 868. The molecule has 13 heteroatoms. The minimum absolute atomic E-state index is 0. The van der Waals surface area contributed by atoms with Crippen LogP contribution < -0.4 is 0 Å². The van der Waals surface area contributed by atoms with E-state index in [0.29, 0.717) is 23.7 Å². The zero-order valence-corrected chi connectivity index (χ0v) is 15.9. The molecule has 2 aromatic rings. The van der Waals surface area contributed by atoms with Gasteiger partial charge in [-0.05, 0) is 25.0 Å². The van der Waals surface area contributed by atoms with Gasteiger partial charge >= 0.3 is 16.4 Å². The van der Waals surface area contributed by atoms with Gasteiger partial charge in [0.2, 0.25) is 5.89 Å². The Morgan fingerprint density at radius 3 is 2.80 bits per heavy atom. The molecule has 2 atom stereocenters. The molecule has 0 spiro atoms. The van der Waals surface area contributed by atoms with Gasteiger partial charge in [0.15, 0.2) is 5.76 Å². The fourth-order valence-electron chi connectivity index (χ4n) is 2.96. The van der Waals surface area contributed by atoms with Crippen molar-refractivity contribution in [3.63, 3.8) is 0 Å². The van der Waals surface area contributed by atoms with Gasteiger partial charge in [-0.1, -0.05) is 0 Å². The fraction of sp³-hybridized carbons (Fsp3) is 0.417. The molecule has 2 aliphatic rings. The number of carbonyl (C=O) groups excluding carboxylic acids is 1. The van der Waals surface area contributed by atoms with Gasteiger partial charge in [-0.3, -0.25) is 4.55 Å². The van der Waals surface area contributed by atoms with Crippen LogP contribution >= 0.6 is 0 Å². The first-order valence-corrected chi connectivity index (χ1v) is 8.43. The van der Waals surface area contributed by atoms with Crippen molar-refractivity contribution in [2.45, 2.75) is 24.9 Å². The standard InChI is InChI=1S/C12H12N4O7S.Na/c17-12-15-6-7(16(12)23-24(18,19)20)3-4-8(15)10-13-14-11(22-10)9-2-1-5-21-9;/h1-2,5,7-8H,3-4,6H2,(H,18,19,20);/t7-,8+;/m1./s1. The van der Waals surface area contributed by atoms with E-state index in [1.165, 1.54) is 11.2 Å². The summed E-state index contributed by atoms with van der Waals surface area (Å²) in [6, 6.07) is 1.69. The topological polar surface area (TPSA) is 139 Å². The second kappa shape index (κ2) is 6.70. The summed E-state index contributed by atoms with van der Waals surface area (Å²) in [5, 5.41) is 8.51. The van der Waals surface area contributed by atoms with Crippen molar-refractivity contribution in [3.8, 4) is 11.7 Å². The molecule has 1 radical (unpaired) electrons. The Hall–Kier alpha value is -1.44. The molecule has 0 aliphatic carbocycles. The molecular formula is C12H12N4NaO7S. The molecule has 1 N–H and O–H groups in total. The average Bonchev–Trinajstić information content (AvgIpc) is 3.24. The number of urea groups is 1. The molecule has 2 saturated heterocycles. The number of carbonyl (C=O) groups is 1. The predicted molar refractivity (Wildman–Crippen MR) is 80.1 cm³/mol. The van der Waals surface area contributed by atoms with Gasteiger partial charge in [0.05, 0.1) is 12.3 Å². The fourth-order valence-corrected chi connectivity index (χ4v) is 3.35. The molecule has 25 heavy (non-hydrogen) atoms. The van der Waals surface area contributed by atoms with Gasteiger partial charge in [-0.15, -0.1) is 14.5 Å². The number of rotatable bonds is 4. The first-order chi connectivity index (χ1) is 11.4. The van der Waals surface area contributed by atoms with Crippen LogP contribution in [0.25, 0.3) is 11.7 Å². The van der Waals surface area contributed by atoms with Crippen LogP contribution in [0.15, 0.2) is 27.2 Å². The summed E-state index contributed by atoms with van der Waals surface area (Å²) in [6.07, 6.45) is 2.42. The second-order valence-electron chi connectivity index (χ2n) is 5.43. The third-order valence-electron chi connectivity index (χ3n) is 3.96. The smallest absolute Gasteiger partial charge is 0.418 e. The van der Waals surface area contributed by atoms with Crippen LogP contribution in [0.5, 0.6) is 0 Å². The number of piperidine rings is 1. The average molecular weight is 379 g/mol. The Kier molecular flexibility index (Phi) is 4.92. The van der Waals surface area contributed by atoms with Gasteiger partial charge < -0.3 is 13.7 Å². The Balaban J connectivity index is 0.00000182. The number of nitrogens with zero attached hydrogens (tertiary/aromatic N) is 4. The molecule has 0 saturated carbocycles. The Morgan fingerprint density at radius 2 is 2.12 bits per heavy atom. The molecule has 4 heterocycles. The van der Waals surface area contributed by atoms with E-state index in [9.17, 15) is 13.2 Å². The van der Waals surface area contributed by atoms with E-state index in [2.05, 4.69) is 14.5 Å². The van der Waals surface area contributed by atoms with E-state index in [-0.39, 0.29) is 47.9 Å². The normalized spacial score (nSPS) is 23.0. The SMILES string of the molecule is O=C1N2C[C@@H](CC[C@H]2c2nnc(-c3ccco3)o2)N1OS(=O)(=O)O.[Na]. The zero-order chi connectivity index (χ0) is 16.9. The summed E-state index contributed by atoms with van der Waals surface area (Å²) in [4.78, 5) is 13.7. The summed E-state index contributed by atoms with van der Waals surface area (Å²) < 4.78 is 45.7. The van der Waals surface area contributed by atoms with Crippen molar-refractivity contribution in [1.82, 2.24) is 20.2 Å². The number of hydrogen-bond donors (Lipinski definition) is 1. The minimum Gasteiger partial charge on any atom is -0.459 e. The van der Waals surface area contributed by atoms with Crippen LogP contribution in [-0.2, 0) is 14.7 Å². The molecular weight excluding hydrogens is 367 g/mol. The molecule has 2 bridgehead atoms. The maximum atomic E-state index is 12.3. The summed E-state index contributed by atoms with van der Waals surface area (Å²) in [5.41, 5.74) is 0. The van der Waals surface area contributed by atoms with Crippen LogP contribution in [0.2, 0.25) is 0 Å². The Morgan fingerprint density at radius 1 is 1.32 bits per heavy atom. The van der Waals surface area contributed by atoms with Gasteiger partial charge in [0.1, 0.15) is 6.04 Å². The van der Waals surface area contributed by atoms with E-state index in [0.717, 1.165) is 0 Å². The number of furan rings is 1. The predicted octanol–water partition coefficient (Wildman–Crippen LogP) is 0.624. The third kappa shape index (κ3) is 3.45. The van der Waals surface area contributed by atoms with Crippen LogP contribution in [0.3, 0.4) is 0 Å². The molecule has 0 unspecified atom stereocenters. The maximum absolute atomic E-state index is 12.3. The van der Waals surface area contributed by atoms with Crippen LogP contribution in [0.4, 0.5) is 4.79 Å². The first kappa shape index (κ1) is 18.4. The number of hydroxylamine groups is 2. The monoisotopic (exact) mass is 379 g/mol. The first-order valence-electron chi connectivity index (χ1n) is 7.06. The molecule has 2 fully saturated rings. The van der Waals surface area contributed by atoms with Crippen LogP contribution in [0.1, 0.15) is 24.8 Å². The quantitative estimate of drug-likeness (QED) is 0.598. The van der Waals surface area contributed by atoms with E-state index in [1.807, 2.05) is 0 Å². The largest absolute Gasteiger partial charge is 0.459 e. The molecule has 2 amide bonds. The van der Waals surface area contributed by atoms with E-state index < -0.39 is 28.5 Å². The summed E-state index contributed by atoms with van der Waals surface area (Å²) in [6.45, 7) is 0.234. The summed E-state index contributed by atoms with van der Waals surface area (Å²) in [5.74, 6) is 0.822. The van der Waals surface area contributed by atoms with Crippen molar-refractivity contribution >= 4 is 46.0 Å². The van der Waals surface area contributed by atoms with E-state index >= 15 is 0 Å². The molecule has 2 aliphatic heterocycles. The van der Waals surface area contributed by atoms with Crippen LogP contribution in [0, 0.1) is 0 Å². The van der Waals surface area contributed by atoms with Crippen molar-refractivity contribution in [2.24, 2.45) is 0 Å². The molecule has 0 aromatic carbocycles. The van der Waals surface area contributed by atoms with Crippen LogP contribution in [-0.4, -0.2) is 81.3 Å². The zero-order valence-electron chi connectivity index (χ0n) is 13.1. The third-order valence-corrected chi connectivity index (χ3v) is 4.30. The van der Waals surface area contributed by atoms with E-state index in [4.69, 9.17) is 13.4 Å². The summed E-state index contributed by atoms with van der Waals surface area (Å²) >= 11 is 0. The van der Waals surface area contributed by atoms with Gasteiger partial charge in [-0.25, -0.2) is 4.79 Å². The maximum Gasteiger partial charge on any atom is 0.418 e. The molecule has 11 nitrogen and oxygen atoms in total.